The highest BCUT2D eigenvalue weighted by molar-refractivity contribution is 5.96. The number of carbonyl (C=O) groups is 3. The monoisotopic (exact) mass is 413 g/mol. The third-order valence-electron chi connectivity index (χ3n) is 5.20. The van der Waals surface area contributed by atoms with Crippen molar-refractivity contribution < 1.29 is 19.1 Å². The van der Waals surface area contributed by atoms with Gasteiger partial charge in [-0.15, -0.1) is 0 Å². The highest BCUT2D eigenvalue weighted by Crippen LogP contribution is 2.19. The third kappa shape index (κ3) is 5.43. The summed E-state index contributed by atoms with van der Waals surface area (Å²) in [7, 11) is 1.62. The van der Waals surface area contributed by atoms with Gasteiger partial charge in [0, 0.05) is 25.7 Å². The molecule has 2 heterocycles. The number of rotatable bonds is 7. The van der Waals surface area contributed by atoms with Crippen LogP contribution in [0.1, 0.15) is 35.7 Å². The molecule has 160 valence electrons. The van der Waals surface area contributed by atoms with Gasteiger partial charge in [-0.05, 0) is 37.5 Å². The molecule has 1 fully saturated rings. The first kappa shape index (κ1) is 21.5. The Morgan fingerprint density at radius 3 is 2.47 bits per heavy atom. The lowest BCUT2D eigenvalue weighted by Gasteiger charge is -2.32. The van der Waals surface area contributed by atoms with Gasteiger partial charge in [-0.2, -0.15) is 5.10 Å². The average molecular weight is 413 g/mol. The zero-order valence-corrected chi connectivity index (χ0v) is 17.4. The van der Waals surface area contributed by atoms with Crippen molar-refractivity contribution in [2.75, 3.05) is 33.3 Å². The van der Waals surface area contributed by atoms with Gasteiger partial charge >= 0.3 is 5.97 Å². The Bertz CT molecular complexity index is 858. The number of esters is 1. The van der Waals surface area contributed by atoms with Gasteiger partial charge in [0.15, 0.2) is 0 Å². The summed E-state index contributed by atoms with van der Waals surface area (Å²) < 4.78 is 6.76. The van der Waals surface area contributed by atoms with Gasteiger partial charge in [-0.25, -0.2) is 9.67 Å². The SMILES string of the molecule is CCOC(=O)C1CCN(C(=O)CN(C)C(=O)c2ccc(Cn3cncn3)cc2)CC1. The molecule has 9 nitrogen and oxygen atoms in total. The van der Waals surface area contributed by atoms with E-state index in [1.54, 1.807) is 42.0 Å². The largest absolute Gasteiger partial charge is 0.466 e. The molecule has 1 aliphatic heterocycles. The van der Waals surface area contributed by atoms with Crippen molar-refractivity contribution in [2.45, 2.75) is 26.3 Å². The zero-order valence-electron chi connectivity index (χ0n) is 17.4. The van der Waals surface area contributed by atoms with Crippen LogP contribution in [-0.4, -0.2) is 75.6 Å². The topological polar surface area (TPSA) is 97.6 Å². The van der Waals surface area contributed by atoms with E-state index < -0.39 is 0 Å². The summed E-state index contributed by atoms with van der Waals surface area (Å²) in [5.41, 5.74) is 1.52. The summed E-state index contributed by atoms with van der Waals surface area (Å²) in [5.74, 6) is -0.665. The number of piperidine rings is 1. The number of carbonyl (C=O) groups excluding carboxylic acids is 3. The van der Waals surface area contributed by atoms with Crippen LogP contribution in [0.4, 0.5) is 0 Å². The number of aromatic nitrogens is 3. The van der Waals surface area contributed by atoms with Crippen LogP contribution < -0.4 is 0 Å². The van der Waals surface area contributed by atoms with E-state index >= 15 is 0 Å². The Labute approximate surface area is 175 Å². The van der Waals surface area contributed by atoms with Crippen molar-refractivity contribution in [2.24, 2.45) is 5.92 Å². The number of hydrogen-bond acceptors (Lipinski definition) is 6. The maximum atomic E-state index is 12.7. The molecule has 3 rings (SSSR count). The molecule has 1 aromatic heterocycles. The van der Waals surface area contributed by atoms with Gasteiger partial charge in [0.1, 0.15) is 12.7 Å². The fourth-order valence-corrected chi connectivity index (χ4v) is 3.47. The second kappa shape index (κ2) is 10.00. The van der Waals surface area contributed by atoms with Crippen molar-refractivity contribution in [3.8, 4) is 0 Å². The van der Waals surface area contributed by atoms with Crippen molar-refractivity contribution in [1.29, 1.82) is 0 Å². The molecule has 0 radical (unpaired) electrons. The molecule has 9 heteroatoms. The molecule has 0 atom stereocenters. The van der Waals surface area contributed by atoms with Gasteiger partial charge < -0.3 is 14.5 Å². The van der Waals surface area contributed by atoms with E-state index in [0.29, 0.717) is 44.6 Å². The highest BCUT2D eigenvalue weighted by atomic mass is 16.5. The van der Waals surface area contributed by atoms with E-state index in [2.05, 4.69) is 10.1 Å². The number of likely N-dealkylation sites (tertiary alicyclic amines) is 1. The van der Waals surface area contributed by atoms with E-state index in [-0.39, 0.29) is 30.2 Å². The zero-order chi connectivity index (χ0) is 21.5. The highest BCUT2D eigenvalue weighted by Gasteiger charge is 2.29. The molecule has 2 aromatic rings. The summed E-state index contributed by atoms with van der Waals surface area (Å²) >= 11 is 0. The van der Waals surface area contributed by atoms with Gasteiger partial charge in [0.2, 0.25) is 5.91 Å². The van der Waals surface area contributed by atoms with Crippen LogP contribution in [0.15, 0.2) is 36.9 Å². The quantitative estimate of drug-likeness (QED) is 0.633. The van der Waals surface area contributed by atoms with Crippen molar-refractivity contribution in [1.82, 2.24) is 24.6 Å². The first-order valence-corrected chi connectivity index (χ1v) is 10.1. The number of hydrogen-bond donors (Lipinski definition) is 0. The lowest BCUT2D eigenvalue weighted by atomic mass is 9.97. The summed E-state index contributed by atoms with van der Waals surface area (Å²) in [6.45, 7) is 3.73. The van der Waals surface area contributed by atoms with Crippen molar-refractivity contribution in [3.05, 3.63) is 48.0 Å². The molecular formula is C21H27N5O4. The molecule has 1 aromatic carbocycles. The molecule has 0 unspecified atom stereocenters. The number of benzene rings is 1. The molecule has 1 saturated heterocycles. The Morgan fingerprint density at radius 2 is 1.87 bits per heavy atom. The van der Waals surface area contributed by atoms with Crippen LogP contribution in [0.5, 0.6) is 0 Å². The molecule has 0 bridgehead atoms. The minimum atomic E-state index is -0.211. The molecule has 0 aliphatic carbocycles. The van der Waals surface area contributed by atoms with Crippen LogP contribution in [0.3, 0.4) is 0 Å². The average Bonchev–Trinajstić information content (AvgIpc) is 3.27. The van der Waals surface area contributed by atoms with E-state index in [0.717, 1.165) is 5.56 Å². The van der Waals surface area contributed by atoms with E-state index in [9.17, 15) is 14.4 Å². The predicted octanol–water partition coefficient (Wildman–Crippen LogP) is 1.20. The van der Waals surface area contributed by atoms with Gasteiger partial charge in [0.25, 0.3) is 5.91 Å². The second-order valence-corrected chi connectivity index (χ2v) is 7.36. The molecule has 0 saturated carbocycles. The second-order valence-electron chi connectivity index (χ2n) is 7.36. The van der Waals surface area contributed by atoms with Crippen LogP contribution in [0, 0.1) is 5.92 Å². The summed E-state index contributed by atoms with van der Waals surface area (Å²) in [4.78, 5) is 44.1. The predicted molar refractivity (Wildman–Crippen MR) is 108 cm³/mol. The smallest absolute Gasteiger partial charge is 0.309 e. The molecule has 0 spiro atoms. The molecule has 2 amide bonds. The van der Waals surface area contributed by atoms with Crippen molar-refractivity contribution in [3.63, 3.8) is 0 Å². The van der Waals surface area contributed by atoms with Gasteiger partial charge in [0.05, 0.1) is 25.6 Å². The molecule has 0 N–H and O–H groups in total. The summed E-state index contributed by atoms with van der Waals surface area (Å²) in [6.07, 6.45) is 4.29. The van der Waals surface area contributed by atoms with Crippen LogP contribution in [0.2, 0.25) is 0 Å². The van der Waals surface area contributed by atoms with E-state index in [4.69, 9.17) is 4.74 Å². The summed E-state index contributed by atoms with van der Waals surface area (Å²) in [5, 5.41) is 4.06. The van der Waals surface area contributed by atoms with Gasteiger partial charge in [-0.1, -0.05) is 12.1 Å². The number of ether oxygens (including phenoxy) is 1. The molecule has 1 aliphatic rings. The van der Waals surface area contributed by atoms with E-state index in [1.807, 2.05) is 12.1 Å². The number of nitrogens with zero attached hydrogens (tertiary/aromatic N) is 5. The lowest BCUT2D eigenvalue weighted by molar-refractivity contribution is -0.151. The normalized spacial score (nSPS) is 14.4. The standard InChI is InChI=1S/C21H27N5O4/c1-3-30-21(29)18-8-10-25(11-9-18)19(27)13-24(2)20(28)17-6-4-16(5-7-17)12-26-15-22-14-23-26/h4-7,14-15,18H,3,8-13H2,1-2H3. The minimum Gasteiger partial charge on any atom is -0.466 e. The molecule has 30 heavy (non-hydrogen) atoms. The maximum absolute atomic E-state index is 12.7. The lowest BCUT2D eigenvalue weighted by Crippen LogP contribution is -2.45. The minimum absolute atomic E-state index is 0.00359. The van der Waals surface area contributed by atoms with Crippen LogP contribution in [-0.2, 0) is 20.9 Å². The fourth-order valence-electron chi connectivity index (χ4n) is 3.47. The Balaban J connectivity index is 1.49. The Kier molecular flexibility index (Phi) is 7.16. The third-order valence-corrected chi connectivity index (χ3v) is 5.20. The number of amides is 2. The Hall–Kier alpha value is -3.23. The van der Waals surface area contributed by atoms with Crippen molar-refractivity contribution >= 4 is 17.8 Å². The Morgan fingerprint density at radius 1 is 1.17 bits per heavy atom. The van der Waals surface area contributed by atoms with Gasteiger partial charge in [-0.3, -0.25) is 14.4 Å². The first-order valence-electron chi connectivity index (χ1n) is 10.1. The first-order chi connectivity index (χ1) is 14.5. The van der Waals surface area contributed by atoms with Crippen LogP contribution >= 0.6 is 0 Å². The fraction of sp³-hybridized carbons (Fsp3) is 0.476. The summed E-state index contributed by atoms with van der Waals surface area (Å²) in [6, 6.07) is 7.23. The molecular weight excluding hydrogens is 386 g/mol. The van der Waals surface area contributed by atoms with E-state index in [1.165, 1.54) is 11.2 Å². The van der Waals surface area contributed by atoms with Crippen LogP contribution in [0.25, 0.3) is 0 Å². The number of likely N-dealkylation sites (N-methyl/N-ethyl adjacent to an activating group) is 1. The maximum Gasteiger partial charge on any atom is 0.309 e.